The molecule has 1 aromatic heterocycles. The third kappa shape index (κ3) is 0.975. The molecular weight excluding hydrogens is 208 g/mol. The standard InChI is InChI=1S/C4H3STe/c6-4-2-1-3-5-4/h1-3H. The fraction of sp³-hybridized carbons (Fsp3) is 0. The van der Waals surface area contributed by atoms with Gasteiger partial charge < -0.3 is 0 Å². The van der Waals surface area contributed by atoms with Crippen LogP contribution >= 0.6 is 11.3 Å². The van der Waals surface area contributed by atoms with Crippen molar-refractivity contribution in [3.8, 4) is 0 Å². The molecule has 0 unspecified atom stereocenters. The molecule has 1 rings (SSSR count). The Balaban J connectivity index is 3.05. The van der Waals surface area contributed by atoms with Crippen LogP contribution in [-0.4, -0.2) is 22.3 Å². The summed E-state index contributed by atoms with van der Waals surface area (Å²) in [4.78, 5) is 0. The zero-order valence-corrected chi connectivity index (χ0v) is 6.20. The maximum absolute atomic E-state index is 2.11. The first-order valence-corrected chi connectivity index (χ1v) is 3.64. The molecule has 1 heterocycles. The van der Waals surface area contributed by atoms with Crippen LogP contribution in [-0.2, 0) is 0 Å². The first kappa shape index (κ1) is 4.64. The van der Waals surface area contributed by atoms with Crippen LogP contribution in [0.25, 0.3) is 0 Å². The van der Waals surface area contributed by atoms with Crippen LogP contribution in [0.15, 0.2) is 17.5 Å². The normalized spacial score (nSPS) is 8.67. The predicted octanol–water partition coefficient (Wildman–Crippen LogP) is 0.542. The molecule has 0 aliphatic rings. The summed E-state index contributed by atoms with van der Waals surface area (Å²) < 4.78 is 1.39. The third-order valence-corrected chi connectivity index (χ3v) is 2.37. The van der Waals surface area contributed by atoms with Gasteiger partial charge in [0, 0.05) is 0 Å². The van der Waals surface area contributed by atoms with E-state index in [-0.39, 0.29) is 0 Å². The van der Waals surface area contributed by atoms with Gasteiger partial charge in [-0.15, -0.1) is 0 Å². The zero-order valence-electron chi connectivity index (χ0n) is 3.05. The quantitative estimate of drug-likeness (QED) is 0.549. The summed E-state index contributed by atoms with van der Waals surface area (Å²) >= 11 is 3.82. The Hall–Kier alpha value is 0.490. The van der Waals surface area contributed by atoms with Crippen LogP contribution in [0, 0.1) is 0 Å². The van der Waals surface area contributed by atoms with Crippen molar-refractivity contribution in [2.24, 2.45) is 0 Å². The molecule has 0 saturated heterocycles. The zero-order chi connectivity index (χ0) is 4.41. The van der Waals surface area contributed by atoms with Crippen LogP contribution in [0.4, 0.5) is 0 Å². The van der Waals surface area contributed by atoms with E-state index in [0.717, 1.165) is 0 Å². The average molecular weight is 211 g/mol. The predicted molar refractivity (Wildman–Crippen MR) is 29.7 cm³/mol. The number of thiophene rings is 1. The van der Waals surface area contributed by atoms with E-state index in [1.807, 2.05) is 22.3 Å². The molecule has 0 fully saturated rings. The van der Waals surface area contributed by atoms with Gasteiger partial charge in [-0.1, -0.05) is 0 Å². The van der Waals surface area contributed by atoms with Crippen LogP contribution < -0.4 is 2.93 Å². The van der Waals surface area contributed by atoms with E-state index in [1.165, 1.54) is 2.93 Å². The monoisotopic (exact) mass is 213 g/mol. The Labute approximate surface area is 54.1 Å². The average Bonchev–Trinajstić information content (AvgIpc) is 1.86. The van der Waals surface area contributed by atoms with E-state index in [1.54, 1.807) is 11.3 Å². The van der Waals surface area contributed by atoms with Gasteiger partial charge in [0.1, 0.15) is 0 Å². The fourth-order valence-corrected chi connectivity index (χ4v) is 1.41. The van der Waals surface area contributed by atoms with E-state index in [9.17, 15) is 0 Å². The summed E-state index contributed by atoms with van der Waals surface area (Å²) in [5.41, 5.74) is 0. The van der Waals surface area contributed by atoms with Crippen molar-refractivity contribution in [2.45, 2.75) is 0 Å². The molecule has 0 bridgehead atoms. The van der Waals surface area contributed by atoms with Gasteiger partial charge in [0.25, 0.3) is 0 Å². The van der Waals surface area contributed by atoms with Crippen molar-refractivity contribution in [3.63, 3.8) is 0 Å². The summed E-state index contributed by atoms with van der Waals surface area (Å²) in [5, 5.41) is 2.08. The summed E-state index contributed by atoms with van der Waals surface area (Å²) in [5.74, 6) is 0. The molecule has 0 saturated carbocycles. The van der Waals surface area contributed by atoms with Crippen molar-refractivity contribution in [1.82, 2.24) is 0 Å². The maximum atomic E-state index is 2.11. The summed E-state index contributed by atoms with van der Waals surface area (Å²) in [6, 6.07) is 4.16. The molecule has 1 aromatic rings. The Bertz CT molecular complexity index is 111. The first-order valence-electron chi connectivity index (χ1n) is 1.60. The van der Waals surface area contributed by atoms with Crippen LogP contribution in [0.2, 0.25) is 0 Å². The van der Waals surface area contributed by atoms with Gasteiger partial charge in [-0.2, -0.15) is 0 Å². The molecule has 0 N–H and O–H groups in total. The van der Waals surface area contributed by atoms with Gasteiger partial charge in [-0.25, -0.2) is 0 Å². The van der Waals surface area contributed by atoms with E-state index in [4.69, 9.17) is 0 Å². The van der Waals surface area contributed by atoms with Gasteiger partial charge in [0.05, 0.1) is 0 Å². The molecule has 6 heavy (non-hydrogen) atoms. The summed E-state index contributed by atoms with van der Waals surface area (Å²) in [7, 11) is 0. The van der Waals surface area contributed by atoms with Gasteiger partial charge in [-0.05, 0) is 0 Å². The summed E-state index contributed by atoms with van der Waals surface area (Å²) in [6.07, 6.45) is 0. The fourth-order valence-electron chi connectivity index (χ4n) is 0.263. The molecule has 0 amide bonds. The Kier molecular flexibility index (Phi) is 1.53. The van der Waals surface area contributed by atoms with E-state index < -0.39 is 0 Å². The number of rotatable bonds is 0. The van der Waals surface area contributed by atoms with Gasteiger partial charge in [-0.3, -0.25) is 0 Å². The first-order chi connectivity index (χ1) is 2.89. The molecule has 0 aliphatic carbocycles. The van der Waals surface area contributed by atoms with Gasteiger partial charge in [0.2, 0.25) is 0 Å². The molecule has 0 aromatic carbocycles. The second-order valence-corrected chi connectivity index (χ2v) is 3.94. The van der Waals surface area contributed by atoms with E-state index >= 15 is 0 Å². The molecule has 0 aliphatic heterocycles. The van der Waals surface area contributed by atoms with Crippen molar-refractivity contribution in [3.05, 3.63) is 17.5 Å². The van der Waals surface area contributed by atoms with E-state index in [2.05, 4.69) is 17.5 Å². The SMILES string of the molecule is [Te]c1cccs1. The van der Waals surface area contributed by atoms with Crippen LogP contribution in [0.3, 0.4) is 0 Å². The molecule has 0 spiro atoms. The number of hydrogen-bond acceptors (Lipinski definition) is 1. The molecule has 0 nitrogen and oxygen atoms in total. The van der Waals surface area contributed by atoms with Crippen molar-refractivity contribution < 1.29 is 0 Å². The minimum atomic E-state index is 1.39. The van der Waals surface area contributed by atoms with Gasteiger partial charge in [0.15, 0.2) is 0 Å². The molecule has 31 valence electrons. The minimum absolute atomic E-state index is 1.39. The van der Waals surface area contributed by atoms with E-state index in [0.29, 0.717) is 0 Å². The molecule has 1 radical (unpaired) electrons. The van der Waals surface area contributed by atoms with Crippen LogP contribution in [0.1, 0.15) is 0 Å². The Morgan fingerprint density at radius 2 is 2.50 bits per heavy atom. The van der Waals surface area contributed by atoms with Crippen LogP contribution in [0.5, 0.6) is 0 Å². The van der Waals surface area contributed by atoms with Gasteiger partial charge >= 0.3 is 54.1 Å². The van der Waals surface area contributed by atoms with Crippen molar-refractivity contribution in [2.75, 3.05) is 0 Å². The number of hydrogen-bond donors (Lipinski definition) is 0. The van der Waals surface area contributed by atoms with Crippen molar-refractivity contribution in [1.29, 1.82) is 0 Å². The molecule has 0 atom stereocenters. The Morgan fingerprint density at radius 1 is 1.67 bits per heavy atom. The second-order valence-electron chi connectivity index (χ2n) is 0.932. The van der Waals surface area contributed by atoms with Crippen molar-refractivity contribution >= 4 is 36.6 Å². The Morgan fingerprint density at radius 3 is 2.67 bits per heavy atom. The summed E-state index contributed by atoms with van der Waals surface area (Å²) in [6.45, 7) is 0. The second kappa shape index (κ2) is 1.97. The molecule has 2 heteroatoms. The third-order valence-electron chi connectivity index (χ3n) is 0.495. The topological polar surface area (TPSA) is 0 Å². The molecular formula is C4H3STe.